The van der Waals surface area contributed by atoms with Crippen LogP contribution < -0.4 is 20.5 Å². The second-order valence-electron chi connectivity index (χ2n) is 13.0. The van der Waals surface area contributed by atoms with Gasteiger partial charge in [-0.15, -0.1) is 0 Å². The molecule has 2 amide bonds. The van der Waals surface area contributed by atoms with Crippen LogP contribution in [-0.2, 0) is 23.9 Å². The minimum Gasteiger partial charge on any atom is -0.504 e. The Morgan fingerprint density at radius 3 is 2.45 bits per heavy atom. The molecule has 3 fully saturated rings. The van der Waals surface area contributed by atoms with Crippen molar-refractivity contribution in [2.45, 2.75) is 70.8 Å². The summed E-state index contributed by atoms with van der Waals surface area (Å²) < 4.78 is 55.6. The van der Waals surface area contributed by atoms with E-state index in [9.17, 15) is 37.1 Å². The van der Waals surface area contributed by atoms with E-state index in [1.54, 1.807) is 22.6 Å². The minimum atomic E-state index is -4.76. The fraction of sp³-hybridized carbons (Fsp3) is 0.441. The van der Waals surface area contributed by atoms with E-state index >= 15 is 0 Å². The number of benzene rings is 1. The SMILES string of the molecule is CCc1c(N2CCN(C(=O)c3ncnc(C)c3O)[C@H]3CC[C@@H]32)c(=O)c2nc(N3CCCC3)cnc2n1CC(=O)Nc1ccc(C(F)(F)F)cc1F. The number of aryl methyl sites for hydroxylation is 1. The van der Waals surface area contributed by atoms with Crippen LogP contribution in [0.5, 0.6) is 5.75 Å². The zero-order valence-corrected chi connectivity index (χ0v) is 27.9. The number of fused-ring (bicyclic) bond motifs is 2. The molecule has 2 N–H and O–H groups in total. The van der Waals surface area contributed by atoms with Crippen LogP contribution in [0.3, 0.4) is 0 Å². The number of nitrogens with zero attached hydrogens (tertiary/aromatic N) is 8. The second kappa shape index (κ2) is 13.1. The van der Waals surface area contributed by atoms with Gasteiger partial charge in [0.2, 0.25) is 11.3 Å². The predicted octanol–water partition coefficient (Wildman–Crippen LogP) is 4.05. The van der Waals surface area contributed by atoms with Crippen LogP contribution >= 0.6 is 0 Å². The molecule has 0 spiro atoms. The molecule has 17 heteroatoms. The molecule has 0 radical (unpaired) electrons. The molecule has 13 nitrogen and oxygen atoms in total. The van der Waals surface area contributed by atoms with Crippen molar-refractivity contribution >= 4 is 40.2 Å². The minimum absolute atomic E-state index is 0.0378. The quantitative estimate of drug-likeness (QED) is 0.269. The van der Waals surface area contributed by atoms with Crippen molar-refractivity contribution in [3.8, 4) is 5.75 Å². The smallest absolute Gasteiger partial charge is 0.416 e. The molecule has 268 valence electrons. The van der Waals surface area contributed by atoms with E-state index in [2.05, 4.69) is 20.3 Å². The molecule has 5 heterocycles. The average molecular weight is 710 g/mol. The van der Waals surface area contributed by atoms with Gasteiger partial charge in [-0.25, -0.2) is 24.3 Å². The van der Waals surface area contributed by atoms with Crippen molar-refractivity contribution in [1.82, 2.24) is 29.4 Å². The summed E-state index contributed by atoms with van der Waals surface area (Å²) in [5.74, 6) is -2.20. The fourth-order valence-electron chi connectivity index (χ4n) is 7.30. The molecule has 0 bridgehead atoms. The Morgan fingerprint density at radius 1 is 1.04 bits per heavy atom. The van der Waals surface area contributed by atoms with E-state index in [1.807, 2.05) is 16.7 Å². The van der Waals surface area contributed by atoms with Gasteiger partial charge in [0.05, 0.1) is 29.2 Å². The zero-order valence-electron chi connectivity index (χ0n) is 27.9. The number of nitrogens with one attached hydrogen (secondary N) is 1. The highest BCUT2D eigenvalue weighted by molar-refractivity contribution is 5.96. The molecule has 1 saturated carbocycles. The summed E-state index contributed by atoms with van der Waals surface area (Å²) in [6.45, 7) is 4.92. The summed E-state index contributed by atoms with van der Waals surface area (Å²) in [5, 5.41) is 12.9. The van der Waals surface area contributed by atoms with E-state index in [-0.39, 0.29) is 65.3 Å². The second-order valence-corrected chi connectivity index (χ2v) is 13.0. The number of carbonyl (C=O) groups excluding carboxylic acids is 2. The zero-order chi connectivity index (χ0) is 36.2. The number of piperazine rings is 1. The molecule has 0 unspecified atom stereocenters. The third-order valence-corrected chi connectivity index (χ3v) is 10.0. The lowest BCUT2D eigenvalue weighted by Gasteiger charge is -2.54. The third kappa shape index (κ3) is 6.07. The molecule has 4 aromatic rings. The van der Waals surface area contributed by atoms with Crippen LogP contribution in [0.2, 0.25) is 0 Å². The number of carbonyl (C=O) groups is 2. The van der Waals surface area contributed by atoms with Crippen LogP contribution in [0, 0.1) is 12.7 Å². The number of rotatable bonds is 7. The molecular weight excluding hydrogens is 674 g/mol. The van der Waals surface area contributed by atoms with Crippen LogP contribution in [0.15, 0.2) is 35.5 Å². The predicted molar refractivity (Wildman–Crippen MR) is 178 cm³/mol. The summed E-state index contributed by atoms with van der Waals surface area (Å²) in [6, 6.07) is 1.30. The van der Waals surface area contributed by atoms with Gasteiger partial charge in [0.15, 0.2) is 22.6 Å². The molecule has 2 saturated heterocycles. The molecule has 2 atom stereocenters. The molecule has 3 aromatic heterocycles. The number of aromatic nitrogens is 5. The Hall–Kier alpha value is -5.35. The summed E-state index contributed by atoms with van der Waals surface area (Å²) in [7, 11) is 0. The highest BCUT2D eigenvalue weighted by Gasteiger charge is 2.47. The van der Waals surface area contributed by atoms with Crippen LogP contribution in [-0.4, -0.2) is 84.6 Å². The molecule has 1 aromatic carbocycles. The Labute approximate surface area is 288 Å². The Bertz CT molecular complexity index is 2100. The molecule has 2 aliphatic heterocycles. The maximum absolute atomic E-state index is 14.7. The van der Waals surface area contributed by atoms with Crippen molar-refractivity contribution < 1.29 is 32.3 Å². The van der Waals surface area contributed by atoms with E-state index in [1.165, 1.54) is 6.33 Å². The number of aromatic hydroxyl groups is 1. The van der Waals surface area contributed by atoms with Gasteiger partial charge in [-0.05, 0) is 57.2 Å². The fourth-order valence-corrected chi connectivity index (χ4v) is 7.30. The summed E-state index contributed by atoms with van der Waals surface area (Å²) in [4.78, 5) is 64.5. The largest absolute Gasteiger partial charge is 0.504 e. The average Bonchev–Trinajstić information content (AvgIpc) is 3.63. The molecule has 1 aliphatic carbocycles. The van der Waals surface area contributed by atoms with Crippen LogP contribution in [0.1, 0.15) is 60.0 Å². The number of pyridine rings is 1. The normalized spacial score (nSPS) is 18.9. The standard InChI is InChI=1S/C34H35F4N9O4/c1-3-22-29(45-12-13-46(24-9-8-23(24)45)33(51)28-30(49)18(2)40-17-41-28)31(50)27-32(39-15-25(43-27)44-10-4-5-11-44)47(22)16-26(48)42-21-7-6-19(14-20(21)35)34(36,37)38/h6-7,14-15,17,23-24,49H,3-5,8-13,16H2,1-2H3,(H,42,48)/t23-,24-/m0/s1. The summed E-state index contributed by atoms with van der Waals surface area (Å²) in [5.41, 5.74) is -0.855. The Balaban J connectivity index is 1.27. The van der Waals surface area contributed by atoms with E-state index in [0.717, 1.165) is 32.0 Å². The van der Waals surface area contributed by atoms with Gasteiger partial charge in [0, 0.05) is 37.9 Å². The highest BCUT2D eigenvalue weighted by atomic mass is 19.4. The first kappa shape index (κ1) is 34.1. The van der Waals surface area contributed by atoms with E-state index in [0.29, 0.717) is 42.2 Å². The summed E-state index contributed by atoms with van der Waals surface area (Å²) in [6.07, 6.45) is 1.53. The monoisotopic (exact) mass is 709 g/mol. The number of anilines is 3. The molecule has 51 heavy (non-hydrogen) atoms. The third-order valence-electron chi connectivity index (χ3n) is 10.0. The lowest BCUT2D eigenvalue weighted by molar-refractivity contribution is -0.137. The van der Waals surface area contributed by atoms with Gasteiger partial charge in [-0.3, -0.25) is 14.4 Å². The number of hydrogen-bond donors (Lipinski definition) is 2. The van der Waals surface area contributed by atoms with Gasteiger partial charge in [0.25, 0.3) is 5.91 Å². The maximum Gasteiger partial charge on any atom is 0.416 e. The van der Waals surface area contributed by atoms with Gasteiger partial charge < -0.3 is 29.7 Å². The lowest BCUT2D eigenvalue weighted by atomic mass is 9.81. The number of hydrogen-bond acceptors (Lipinski definition) is 10. The van der Waals surface area contributed by atoms with Crippen molar-refractivity contribution in [1.29, 1.82) is 0 Å². The van der Waals surface area contributed by atoms with Crippen LogP contribution in [0.25, 0.3) is 11.2 Å². The molecule has 7 rings (SSSR count). The maximum atomic E-state index is 14.7. The first-order valence-electron chi connectivity index (χ1n) is 16.8. The Kier molecular flexibility index (Phi) is 8.75. The van der Waals surface area contributed by atoms with Gasteiger partial charge in [-0.2, -0.15) is 13.2 Å². The summed E-state index contributed by atoms with van der Waals surface area (Å²) >= 11 is 0. The van der Waals surface area contributed by atoms with Crippen LogP contribution in [0.4, 0.5) is 34.8 Å². The van der Waals surface area contributed by atoms with Crippen molar-refractivity contribution in [3.05, 3.63) is 69.4 Å². The molecule has 3 aliphatic rings. The van der Waals surface area contributed by atoms with E-state index < -0.39 is 41.6 Å². The van der Waals surface area contributed by atoms with Gasteiger partial charge in [-0.1, -0.05) is 6.92 Å². The first-order chi connectivity index (χ1) is 24.4. The highest BCUT2D eigenvalue weighted by Crippen LogP contribution is 2.39. The first-order valence-corrected chi connectivity index (χ1v) is 16.8. The van der Waals surface area contributed by atoms with E-state index in [4.69, 9.17) is 4.98 Å². The van der Waals surface area contributed by atoms with Crippen molar-refractivity contribution in [2.75, 3.05) is 41.3 Å². The lowest BCUT2D eigenvalue weighted by Crippen LogP contribution is -2.67. The van der Waals surface area contributed by atoms with Crippen molar-refractivity contribution in [3.63, 3.8) is 0 Å². The number of alkyl halides is 3. The van der Waals surface area contributed by atoms with Crippen molar-refractivity contribution in [2.24, 2.45) is 0 Å². The van der Waals surface area contributed by atoms with Gasteiger partial charge in [0.1, 0.15) is 30.2 Å². The number of amides is 2. The molecular formula is C34H35F4N9O4. The van der Waals surface area contributed by atoms with Gasteiger partial charge >= 0.3 is 6.18 Å². The topological polar surface area (TPSA) is 150 Å². The Morgan fingerprint density at radius 2 is 1.78 bits per heavy atom. The number of halogens is 4.